The minimum Gasteiger partial charge on any atom is -0.355 e. The van der Waals surface area contributed by atoms with Gasteiger partial charge in [-0.2, -0.15) is 0 Å². The Labute approximate surface area is 154 Å². The molecule has 1 N–H and O–H groups in total. The van der Waals surface area contributed by atoms with E-state index in [1.54, 1.807) is 38.6 Å². The summed E-state index contributed by atoms with van der Waals surface area (Å²) in [5, 5.41) is 13.2. The van der Waals surface area contributed by atoms with Crippen molar-refractivity contribution in [3.8, 4) is 0 Å². The molecule has 0 atom stereocenters. The van der Waals surface area contributed by atoms with Crippen molar-refractivity contribution in [1.82, 2.24) is 24.4 Å². The predicted octanol–water partition coefficient (Wildman–Crippen LogP) is 2.17. The number of benzene rings is 1. The lowest BCUT2D eigenvalue weighted by Crippen LogP contribution is -2.18. The molecule has 0 unspecified atom stereocenters. The highest BCUT2D eigenvalue weighted by Crippen LogP contribution is 2.24. The topological polar surface area (TPSA) is 125 Å². The number of nitrogens with one attached hydrogen (secondary N) is 1. The minimum atomic E-state index is -0.432. The molecular weight excluding hydrogens is 352 g/mol. The number of imidazole rings is 2. The molecule has 0 radical (unpaired) electrons. The molecule has 0 aliphatic rings. The maximum Gasteiger partial charge on any atom is 0.338 e. The number of amides is 1. The van der Waals surface area contributed by atoms with E-state index in [9.17, 15) is 19.7 Å². The van der Waals surface area contributed by atoms with Crippen molar-refractivity contribution in [3.05, 3.63) is 76.4 Å². The Morgan fingerprint density at radius 3 is 1.85 bits per heavy atom. The molecule has 27 heavy (non-hydrogen) atoms. The van der Waals surface area contributed by atoms with Gasteiger partial charge in [-0.1, -0.05) is 0 Å². The monoisotopic (exact) mass is 370 g/mol. The van der Waals surface area contributed by atoms with Gasteiger partial charge in [0, 0.05) is 48.5 Å². The summed E-state index contributed by atoms with van der Waals surface area (Å²) < 4.78 is 2.75. The zero-order valence-corrected chi connectivity index (χ0v) is 15.0. The summed E-state index contributed by atoms with van der Waals surface area (Å²) in [6.45, 7) is 3.25. The van der Waals surface area contributed by atoms with Crippen molar-refractivity contribution >= 4 is 17.6 Å². The van der Waals surface area contributed by atoms with E-state index in [0.29, 0.717) is 16.7 Å². The molecule has 0 aliphatic heterocycles. The third-order valence-electron chi connectivity index (χ3n) is 3.61. The molecule has 0 aliphatic carbocycles. The molecular formula is C17H18N6O4. The number of aromatic nitrogens is 4. The van der Waals surface area contributed by atoms with Crippen LogP contribution in [0.15, 0.2) is 49.6 Å². The van der Waals surface area contributed by atoms with Gasteiger partial charge in [0.25, 0.3) is 11.6 Å². The van der Waals surface area contributed by atoms with Gasteiger partial charge in [0.05, 0.1) is 4.92 Å². The molecule has 1 aromatic carbocycles. The van der Waals surface area contributed by atoms with Crippen LogP contribution >= 0.6 is 0 Å². The van der Waals surface area contributed by atoms with Crippen molar-refractivity contribution in [3.63, 3.8) is 0 Å². The van der Waals surface area contributed by atoms with E-state index in [1.165, 1.54) is 41.0 Å². The first kappa shape index (κ1) is 19.5. The largest absolute Gasteiger partial charge is 0.355 e. The number of hydrogen-bond acceptors (Lipinski definition) is 6. The van der Waals surface area contributed by atoms with Gasteiger partial charge in [0.15, 0.2) is 0 Å². The second kappa shape index (κ2) is 8.52. The second-order valence-electron chi connectivity index (χ2n) is 5.52. The Morgan fingerprint density at radius 1 is 1.04 bits per heavy atom. The first-order valence-electron chi connectivity index (χ1n) is 7.83. The van der Waals surface area contributed by atoms with Crippen LogP contribution in [-0.4, -0.2) is 43.0 Å². The van der Waals surface area contributed by atoms with E-state index < -0.39 is 4.92 Å². The lowest BCUT2D eigenvalue weighted by Gasteiger charge is -2.05. The van der Waals surface area contributed by atoms with E-state index >= 15 is 0 Å². The summed E-state index contributed by atoms with van der Waals surface area (Å²) in [6.07, 6.45) is 9.17. The molecule has 0 fully saturated rings. The zero-order valence-electron chi connectivity index (χ0n) is 15.0. The highest BCUT2D eigenvalue weighted by atomic mass is 16.6. The molecule has 3 aromatic rings. The van der Waals surface area contributed by atoms with Crippen LogP contribution < -0.4 is 5.32 Å². The molecule has 0 saturated carbocycles. The molecule has 1 amide bonds. The molecule has 0 spiro atoms. The quantitative estimate of drug-likeness (QED) is 0.544. The average molecular weight is 370 g/mol. The van der Waals surface area contributed by atoms with Crippen molar-refractivity contribution in [2.45, 2.75) is 13.8 Å². The highest BCUT2D eigenvalue weighted by Gasteiger charge is 2.17. The Morgan fingerprint density at radius 2 is 1.52 bits per heavy atom. The summed E-state index contributed by atoms with van der Waals surface area (Å²) in [7, 11) is 1.52. The summed E-state index contributed by atoms with van der Waals surface area (Å²) in [4.78, 5) is 40.5. The molecule has 10 nitrogen and oxygen atoms in total. The van der Waals surface area contributed by atoms with Gasteiger partial charge < -0.3 is 5.32 Å². The van der Waals surface area contributed by atoms with E-state index in [1.807, 2.05) is 0 Å². The first-order chi connectivity index (χ1) is 12.8. The summed E-state index contributed by atoms with van der Waals surface area (Å²) in [6, 6.07) is 2.85. The van der Waals surface area contributed by atoms with Gasteiger partial charge in [-0.25, -0.2) is 14.8 Å². The van der Waals surface area contributed by atoms with Crippen LogP contribution in [-0.2, 0) is 0 Å². The second-order valence-corrected chi connectivity index (χ2v) is 5.52. The number of carbonyl (C=O) groups is 2. The molecule has 140 valence electrons. The molecule has 2 heterocycles. The first-order valence-corrected chi connectivity index (χ1v) is 7.83. The number of carbonyl (C=O) groups excluding carboxylic acids is 2. The number of nitrogens with zero attached hydrogens (tertiary/aromatic N) is 5. The zero-order chi connectivity index (χ0) is 20.0. The Balaban J connectivity index is 0.000000198. The number of nitro groups is 1. The standard InChI is InChI=1S/C10H12N2O3.C7H6N4O/c1-6-4-8(10(13)11-3)5-7(2)9(6)12(14)15;12-7(10-3-1-8-5-10)11-4-2-9-6-11/h4-5H,1-3H3,(H,11,13);1-6H. The third kappa shape index (κ3) is 4.63. The lowest BCUT2D eigenvalue weighted by molar-refractivity contribution is -0.386. The molecule has 2 aromatic heterocycles. The van der Waals surface area contributed by atoms with Gasteiger partial charge >= 0.3 is 6.03 Å². The van der Waals surface area contributed by atoms with Crippen LogP contribution in [0.1, 0.15) is 21.5 Å². The van der Waals surface area contributed by atoms with Crippen LogP contribution in [0.25, 0.3) is 0 Å². The lowest BCUT2D eigenvalue weighted by atomic mass is 10.0. The molecule has 0 saturated heterocycles. The predicted molar refractivity (Wildman–Crippen MR) is 96.6 cm³/mol. The van der Waals surface area contributed by atoms with Crippen molar-refractivity contribution in [2.24, 2.45) is 0 Å². The van der Waals surface area contributed by atoms with Crippen LogP contribution in [0.5, 0.6) is 0 Å². The maximum atomic E-state index is 11.4. The van der Waals surface area contributed by atoms with Crippen LogP contribution in [0.3, 0.4) is 0 Å². The number of nitro benzene ring substituents is 1. The Bertz CT molecular complexity index is 889. The van der Waals surface area contributed by atoms with Crippen LogP contribution in [0.2, 0.25) is 0 Å². The fourth-order valence-corrected chi connectivity index (χ4v) is 2.40. The number of hydrogen-bond donors (Lipinski definition) is 1. The SMILES string of the molecule is CNC(=O)c1cc(C)c([N+](=O)[O-])c(C)c1.O=C(n1ccnc1)n1ccnc1. The van der Waals surface area contributed by atoms with Crippen LogP contribution in [0, 0.1) is 24.0 Å². The molecule has 3 rings (SSSR count). The fourth-order valence-electron chi connectivity index (χ4n) is 2.40. The van der Waals surface area contributed by atoms with E-state index in [0.717, 1.165) is 0 Å². The van der Waals surface area contributed by atoms with Gasteiger partial charge in [0.1, 0.15) is 12.7 Å². The summed E-state index contributed by atoms with van der Waals surface area (Å²) >= 11 is 0. The van der Waals surface area contributed by atoms with Gasteiger partial charge in [-0.15, -0.1) is 0 Å². The normalized spacial score (nSPS) is 9.89. The summed E-state index contributed by atoms with van der Waals surface area (Å²) in [5.74, 6) is -0.240. The fraction of sp³-hybridized carbons (Fsp3) is 0.176. The van der Waals surface area contributed by atoms with E-state index in [-0.39, 0.29) is 17.6 Å². The average Bonchev–Trinajstić information content (AvgIpc) is 3.33. The smallest absolute Gasteiger partial charge is 0.338 e. The third-order valence-corrected chi connectivity index (χ3v) is 3.61. The van der Waals surface area contributed by atoms with Gasteiger partial charge in [-0.05, 0) is 26.0 Å². The maximum absolute atomic E-state index is 11.4. The van der Waals surface area contributed by atoms with Crippen molar-refractivity contribution in [2.75, 3.05) is 7.05 Å². The van der Waals surface area contributed by atoms with Crippen molar-refractivity contribution < 1.29 is 14.5 Å². The highest BCUT2D eigenvalue weighted by molar-refractivity contribution is 5.94. The van der Waals surface area contributed by atoms with Gasteiger partial charge in [-0.3, -0.25) is 24.0 Å². The molecule has 0 bridgehead atoms. The molecule has 10 heteroatoms. The van der Waals surface area contributed by atoms with Crippen molar-refractivity contribution in [1.29, 1.82) is 0 Å². The Kier molecular flexibility index (Phi) is 6.15. The van der Waals surface area contributed by atoms with Gasteiger partial charge in [0.2, 0.25) is 0 Å². The van der Waals surface area contributed by atoms with E-state index in [2.05, 4.69) is 15.3 Å². The number of aryl methyl sites for hydroxylation is 2. The minimum absolute atomic E-state index is 0.0719. The Hall–Kier alpha value is -3.82. The summed E-state index contributed by atoms with van der Waals surface area (Å²) in [5.41, 5.74) is 1.51. The van der Waals surface area contributed by atoms with Crippen LogP contribution in [0.4, 0.5) is 10.5 Å². The van der Waals surface area contributed by atoms with E-state index in [4.69, 9.17) is 0 Å². The number of rotatable bonds is 2.